The molecule has 3 N–H and O–H groups in total. The lowest BCUT2D eigenvalue weighted by molar-refractivity contribution is -0.274. The fraction of sp³-hybridized carbons (Fsp3) is 0.562. The molecule has 1 aliphatic carbocycles. The van der Waals surface area contributed by atoms with Gasteiger partial charge in [0.1, 0.15) is 5.75 Å². The van der Waals surface area contributed by atoms with Crippen LogP contribution >= 0.6 is 0 Å². The van der Waals surface area contributed by atoms with Crippen LogP contribution in [-0.2, 0) is 11.3 Å². The van der Waals surface area contributed by atoms with Crippen molar-refractivity contribution in [2.45, 2.75) is 44.1 Å². The number of halogens is 3. The van der Waals surface area contributed by atoms with E-state index in [2.05, 4.69) is 15.4 Å². The van der Waals surface area contributed by atoms with E-state index in [1.165, 1.54) is 24.3 Å². The lowest BCUT2D eigenvalue weighted by Crippen LogP contribution is -2.50. The predicted octanol–water partition coefficient (Wildman–Crippen LogP) is 2.10. The number of carbonyl (C=O) groups excluding carboxylic acids is 1. The minimum absolute atomic E-state index is 0.000940. The van der Waals surface area contributed by atoms with Gasteiger partial charge in [-0.25, -0.2) is 0 Å². The Morgan fingerprint density at radius 1 is 1.21 bits per heavy atom. The molecule has 2 rings (SSSR count). The van der Waals surface area contributed by atoms with E-state index in [1.807, 2.05) is 0 Å². The van der Waals surface area contributed by atoms with Crippen molar-refractivity contribution >= 4 is 5.91 Å². The number of alkyl halides is 3. The molecular weight excluding hydrogens is 325 g/mol. The Morgan fingerprint density at radius 2 is 1.83 bits per heavy atom. The molecule has 8 heteroatoms. The summed E-state index contributed by atoms with van der Waals surface area (Å²) in [7, 11) is 0. The Labute approximate surface area is 138 Å². The van der Waals surface area contributed by atoms with Crippen molar-refractivity contribution in [3.63, 3.8) is 0 Å². The van der Waals surface area contributed by atoms with E-state index in [0.29, 0.717) is 5.56 Å². The molecule has 0 bridgehead atoms. The molecule has 1 aromatic carbocycles. The summed E-state index contributed by atoms with van der Waals surface area (Å²) in [5.74, 6) is -0.532. The summed E-state index contributed by atoms with van der Waals surface area (Å²) in [4.78, 5) is 11.9. The van der Waals surface area contributed by atoms with Gasteiger partial charge in [-0.15, -0.1) is 13.2 Å². The molecule has 24 heavy (non-hydrogen) atoms. The second kappa shape index (κ2) is 7.85. The van der Waals surface area contributed by atoms with Crippen LogP contribution in [0.15, 0.2) is 24.3 Å². The third-order valence-corrected chi connectivity index (χ3v) is 4.13. The van der Waals surface area contributed by atoms with E-state index in [4.69, 9.17) is 0 Å². The number of amides is 1. The summed E-state index contributed by atoms with van der Waals surface area (Å²) in [6, 6.07) is 5.32. The normalized spacial score (nSPS) is 16.8. The SMILES string of the molecule is O=C(CNC1(CO)CCCC1)NCc1ccc(OC(F)(F)F)cc1. The van der Waals surface area contributed by atoms with Crippen LogP contribution in [0.4, 0.5) is 13.2 Å². The number of aliphatic hydroxyl groups excluding tert-OH is 1. The Bertz CT molecular complexity index is 540. The maximum atomic E-state index is 12.1. The molecule has 0 unspecified atom stereocenters. The Balaban J connectivity index is 1.75. The molecule has 0 atom stereocenters. The maximum absolute atomic E-state index is 12.1. The summed E-state index contributed by atoms with van der Waals surface area (Å²) in [6.07, 6.45) is -0.970. The fourth-order valence-corrected chi connectivity index (χ4v) is 2.78. The highest BCUT2D eigenvalue weighted by molar-refractivity contribution is 5.78. The topological polar surface area (TPSA) is 70.6 Å². The second-order valence-corrected chi connectivity index (χ2v) is 5.97. The molecule has 0 heterocycles. The van der Waals surface area contributed by atoms with Crippen LogP contribution in [0, 0.1) is 0 Å². The van der Waals surface area contributed by atoms with Gasteiger partial charge in [0, 0.05) is 12.1 Å². The number of ether oxygens (including phenoxy) is 1. The number of hydrogen-bond donors (Lipinski definition) is 3. The largest absolute Gasteiger partial charge is 0.573 e. The first-order valence-electron chi connectivity index (χ1n) is 7.79. The van der Waals surface area contributed by atoms with Crippen LogP contribution in [0.5, 0.6) is 5.75 Å². The van der Waals surface area contributed by atoms with Gasteiger partial charge in [0.05, 0.1) is 13.2 Å². The summed E-state index contributed by atoms with van der Waals surface area (Å²) < 4.78 is 40.0. The highest BCUT2D eigenvalue weighted by Crippen LogP contribution is 2.28. The van der Waals surface area contributed by atoms with Crippen molar-refractivity contribution in [1.29, 1.82) is 0 Å². The predicted molar refractivity (Wildman–Crippen MR) is 81.3 cm³/mol. The van der Waals surface area contributed by atoms with Crippen LogP contribution in [0.25, 0.3) is 0 Å². The van der Waals surface area contributed by atoms with Crippen molar-refractivity contribution in [3.05, 3.63) is 29.8 Å². The van der Waals surface area contributed by atoms with Crippen molar-refractivity contribution in [2.24, 2.45) is 0 Å². The van der Waals surface area contributed by atoms with E-state index in [-0.39, 0.29) is 36.9 Å². The Kier molecular flexibility index (Phi) is 6.06. The van der Waals surface area contributed by atoms with Crippen LogP contribution < -0.4 is 15.4 Å². The highest BCUT2D eigenvalue weighted by Gasteiger charge is 2.33. The van der Waals surface area contributed by atoms with Crippen LogP contribution in [0.2, 0.25) is 0 Å². The highest BCUT2D eigenvalue weighted by atomic mass is 19.4. The molecule has 1 saturated carbocycles. The third-order valence-electron chi connectivity index (χ3n) is 4.13. The molecule has 1 fully saturated rings. The van der Waals surface area contributed by atoms with Gasteiger partial charge in [-0.3, -0.25) is 4.79 Å². The zero-order chi connectivity index (χ0) is 17.6. The minimum atomic E-state index is -4.72. The van der Waals surface area contributed by atoms with Crippen molar-refractivity contribution < 1.29 is 27.8 Å². The Morgan fingerprint density at radius 3 is 2.38 bits per heavy atom. The molecule has 1 aliphatic rings. The van der Waals surface area contributed by atoms with Gasteiger partial charge < -0.3 is 20.5 Å². The first kappa shape index (κ1) is 18.5. The summed E-state index contributed by atoms with van der Waals surface area (Å²) in [6.45, 7) is 0.301. The van der Waals surface area contributed by atoms with Crippen molar-refractivity contribution in [3.8, 4) is 5.75 Å². The monoisotopic (exact) mass is 346 g/mol. The average molecular weight is 346 g/mol. The molecule has 0 saturated heterocycles. The maximum Gasteiger partial charge on any atom is 0.573 e. The zero-order valence-corrected chi connectivity index (χ0v) is 13.2. The number of benzene rings is 1. The van der Waals surface area contributed by atoms with Gasteiger partial charge >= 0.3 is 6.36 Å². The molecule has 1 aromatic rings. The van der Waals surface area contributed by atoms with Gasteiger partial charge in [0.15, 0.2) is 0 Å². The van der Waals surface area contributed by atoms with Crippen LogP contribution in [-0.4, -0.2) is 36.1 Å². The van der Waals surface area contributed by atoms with E-state index >= 15 is 0 Å². The molecule has 134 valence electrons. The summed E-state index contributed by atoms with van der Waals surface area (Å²) >= 11 is 0. The molecule has 1 amide bonds. The van der Waals surface area contributed by atoms with Gasteiger partial charge in [-0.05, 0) is 30.5 Å². The molecule has 0 spiro atoms. The Hall–Kier alpha value is -1.80. The standard InChI is InChI=1S/C16H21F3N2O3/c17-16(18,19)24-13-5-3-12(4-6-13)9-20-14(23)10-21-15(11-22)7-1-2-8-15/h3-6,21-22H,1-2,7-11H2,(H,20,23). The lowest BCUT2D eigenvalue weighted by atomic mass is 9.99. The van der Waals surface area contributed by atoms with Crippen molar-refractivity contribution in [1.82, 2.24) is 10.6 Å². The first-order valence-corrected chi connectivity index (χ1v) is 7.79. The summed E-state index contributed by atoms with van der Waals surface area (Å²) in [5, 5.41) is 15.3. The van der Waals surface area contributed by atoms with Crippen LogP contribution in [0.1, 0.15) is 31.2 Å². The quantitative estimate of drug-likeness (QED) is 0.707. The van der Waals surface area contributed by atoms with E-state index in [1.54, 1.807) is 0 Å². The van der Waals surface area contributed by atoms with Gasteiger partial charge in [0.2, 0.25) is 5.91 Å². The van der Waals surface area contributed by atoms with Crippen molar-refractivity contribution in [2.75, 3.05) is 13.2 Å². The van der Waals surface area contributed by atoms with E-state index < -0.39 is 6.36 Å². The third kappa shape index (κ3) is 5.68. The number of hydrogen-bond acceptors (Lipinski definition) is 4. The average Bonchev–Trinajstić information content (AvgIpc) is 3.00. The molecule has 5 nitrogen and oxygen atoms in total. The number of nitrogens with one attached hydrogen (secondary N) is 2. The molecule has 0 aliphatic heterocycles. The molecule has 0 aromatic heterocycles. The fourth-order valence-electron chi connectivity index (χ4n) is 2.78. The minimum Gasteiger partial charge on any atom is -0.406 e. The first-order chi connectivity index (χ1) is 11.3. The number of rotatable bonds is 7. The number of carbonyl (C=O) groups is 1. The van der Waals surface area contributed by atoms with Gasteiger partial charge in [-0.1, -0.05) is 25.0 Å². The van der Waals surface area contributed by atoms with E-state index in [9.17, 15) is 23.1 Å². The zero-order valence-electron chi connectivity index (χ0n) is 13.2. The second-order valence-electron chi connectivity index (χ2n) is 5.97. The molecule has 0 radical (unpaired) electrons. The van der Waals surface area contributed by atoms with Gasteiger partial charge in [-0.2, -0.15) is 0 Å². The lowest BCUT2D eigenvalue weighted by Gasteiger charge is -2.27. The van der Waals surface area contributed by atoms with E-state index in [0.717, 1.165) is 25.7 Å². The smallest absolute Gasteiger partial charge is 0.406 e. The summed E-state index contributed by atoms with van der Waals surface area (Å²) in [5.41, 5.74) is 0.295. The van der Waals surface area contributed by atoms with Gasteiger partial charge in [0.25, 0.3) is 0 Å². The van der Waals surface area contributed by atoms with Crippen LogP contribution in [0.3, 0.4) is 0 Å². The number of aliphatic hydroxyl groups is 1. The molecular formula is C16H21F3N2O3.